The van der Waals surface area contributed by atoms with Gasteiger partial charge < -0.3 is 19.5 Å². The zero-order chi connectivity index (χ0) is 23.4. The lowest BCUT2D eigenvalue weighted by molar-refractivity contribution is 0.0749. The molecule has 1 unspecified atom stereocenters. The molecular formula is C25H27ClN4O2S. The largest absolute Gasteiger partial charge is 0.379 e. The molecule has 8 heteroatoms. The number of benzene rings is 2. The highest BCUT2D eigenvalue weighted by Crippen LogP contribution is 2.37. The van der Waals surface area contributed by atoms with Gasteiger partial charge in [-0.1, -0.05) is 59.2 Å². The Morgan fingerprint density at radius 3 is 2.70 bits per heavy atom. The van der Waals surface area contributed by atoms with Crippen molar-refractivity contribution in [3.05, 3.63) is 76.8 Å². The van der Waals surface area contributed by atoms with Gasteiger partial charge in [0.15, 0.2) is 5.11 Å². The lowest BCUT2D eigenvalue weighted by Gasteiger charge is -2.37. The van der Waals surface area contributed by atoms with Crippen LogP contribution in [0, 0.1) is 0 Å². The molecule has 6 nitrogen and oxygen atoms in total. The quantitative estimate of drug-likeness (QED) is 0.318. The van der Waals surface area contributed by atoms with Crippen LogP contribution in [-0.2, 0) is 4.74 Å². The van der Waals surface area contributed by atoms with Gasteiger partial charge in [-0.25, -0.2) is 0 Å². The SMILES string of the molecule is CC1=C(c2nc(-c3cccc(Cl)c3)no2)C(c2ccccc2)NC(=S)N1CCCOC(C)C. The molecule has 0 radical (unpaired) electrons. The number of rotatable bonds is 8. The van der Waals surface area contributed by atoms with E-state index in [1.165, 1.54) is 0 Å². The normalized spacial score (nSPS) is 16.5. The second kappa shape index (κ2) is 10.5. The molecule has 2 heterocycles. The average molecular weight is 483 g/mol. The topological polar surface area (TPSA) is 63.4 Å². The maximum Gasteiger partial charge on any atom is 0.258 e. The minimum Gasteiger partial charge on any atom is -0.379 e. The van der Waals surface area contributed by atoms with Crippen LogP contribution >= 0.6 is 23.8 Å². The molecule has 3 aromatic rings. The van der Waals surface area contributed by atoms with Crippen LogP contribution in [-0.4, -0.2) is 39.4 Å². The summed E-state index contributed by atoms with van der Waals surface area (Å²) in [4.78, 5) is 6.80. The summed E-state index contributed by atoms with van der Waals surface area (Å²) in [7, 11) is 0. The number of ether oxygens (including phenoxy) is 1. The summed E-state index contributed by atoms with van der Waals surface area (Å²) in [6, 6.07) is 17.3. The highest BCUT2D eigenvalue weighted by Gasteiger charge is 2.33. The van der Waals surface area contributed by atoms with Crippen molar-refractivity contribution >= 4 is 34.5 Å². The Bertz CT molecular complexity index is 1150. The molecule has 1 aliphatic heterocycles. The first-order valence-electron chi connectivity index (χ1n) is 11.0. The van der Waals surface area contributed by atoms with E-state index in [9.17, 15) is 0 Å². The average Bonchev–Trinajstić information content (AvgIpc) is 3.28. The van der Waals surface area contributed by atoms with Crippen LogP contribution in [0.15, 0.2) is 64.8 Å². The van der Waals surface area contributed by atoms with E-state index in [4.69, 9.17) is 38.1 Å². The molecular weight excluding hydrogens is 456 g/mol. The molecule has 33 heavy (non-hydrogen) atoms. The Morgan fingerprint density at radius 2 is 1.97 bits per heavy atom. The minimum atomic E-state index is -0.200. The van der Waals surface area contributed by atoms with Crippen molar-refractivity contribution in [2.24, 2.45) is 0 Å². The van der Waals surface area contributed by atoms with Crippen molar-refractivity contribution in [2.45, 2.75) is 39.3 Å². The highest BCUT2D eigenvalue weighted by molar-refractivity contribution is 7.80. The molecule has 0 spiro atoms. The number of hydrogen-bond acceptors (Lipinski definition) is 5. The molecule has 0 saturated heterocycles. The fourth-order valence-corrected chi connectivity index (χ4v) is 4.38. The minimum absolute atomic E-state index is 0.200. The zero-order valence-corrected chi connectivity index (χ0v) is 20.5. The first kappa shape index (κ1) is 23.4. The highest BCUT2D eigenvalue weighted by atomic mass is 35.5. The summed E-state index contributed by atoms with van der Waals surface area (Å²) >= 11 is 11.9. The van der Waals surface area contributed by atoms with E-state index in [0.717, 1.165) is 35.4 Å². The molecule has 1 atom stereocenters. The van der Waals surface area contributed by atoms with Crippen LogP contribution < -0.4 is 5.32 Å². The zero-order valence-electron chi connectivity index (χ0n) is 18.9. The monoisotopic (exact) mass is 482 g/mol. The lowest BCUT2D eigenvalue weighted by atomic mass is 9.95. The van der Waals surface area contributed by atoms with Gasteiger partial charge >= 0.3 is 0 Å². The van der Waals surface area contributed by atoms with E-state index in [2.05, 4.69) is 27.5 Å². The van der Waals surface area contributed by atoms with Gasteiger partial charge in [0.05, 0.1) is 17.7 Å². The summed E-state index contributed by atoms with van der Waals surface area (Å²) < 4.78 is 11.5. The Hall–Kier alpha value is -2.74. The molecule has 0 bridgehead atoms. The first-order valence-corrected chi connectivity index (χ1v) is 11.8. The van der Waals surface area contributed by atoms with Gasteiger partial charge in [0, 0.05) is 29.4 Å². The third kappa shape index (κ3) is 5.43. The summed E-state index contributed by atoms with van der Waals surface area (Å²) in [6.07, 6.45) is 1.05. The van der Waals surface area contributed by atoms with Gasteiger partial charge in [0.25, 0.3) is 5.89 Å². The van der Waals surface area contributed by atoms with Crippen molar-refractivity contribution in [3.63, 3.8) is 0 Å². The number of nitrogens with zero attached hydrogens (tertiary/aromatic N) is 3. The Kier molecular flexibility index (Phi) is 7.42. The number of thiocarbonyl (C=S) groups is 1. The molecule has 0 amide bonds. The number of allylic oxidation sites excluding steroid dienone is 1. The standard InChI is InChI=1S/C25H27ClN4O2S/c1-16(2)31-14-8-13-30-17(3)21(22(27-25(30)33)18-9-5-4-6-10-18)24-28-23(29-32-24)19-11-7-12-20(26)15-19/h4-7,9-12,15-16,22H,8,13-14H2,1-3H3,(H,27,33). The van der Waals surface area contributed by atoms with E-state index in [-0.39, 0.29) is 12.1 Å². The van der Waals surface area contributed by atoms with Crippen LogP contribution in [0.2, 0.25) is 5.02 Å². The number of nitrogens with one attached hydrogen (secondary N) is 1. The second-order valence-corrected chi connectivity index (χ2v) is 8.97. The van der Waals surface area contributed by atoms with Gasteiger partial charge in [-0.3, -0.25) is 0 Å². The Morgan fingerprint density at radius 1 is 1.18 bits per heavy atom. The third-order valence-corrected chi connectivity index (χ3v) is 6.02. The first-order chi connectivity index (χ1) is 15.9. The van der Waals surface area contributed by atoms with E-state index in [0.29, 0.717) is 28.5 Å². The predicted molar refractivity (Wildman–Crippen MR) is 135 cm³/mol. The molecule has 4 rings (SSSR count). The lowest BCUT2D eigenvalue weighted by Crippen LogP contribution is -2.46. The Balaban J connectivity index is 1.70. The molecule has 2 aromatic carbocycles. The van der Waals surface area contributed by atoms with Crippen molar-refractivity contribution in [2.75, 3.05) is 13.2 Å². The third-order valence-electron chi connectivity index (χ3n) is 5.45. The van der Waals surface area contributed by atoms with Crippen molar-refractivity contribution < 1.29 is 9.26 Å². The predicted octanol–water partition coefficient (Wildman–Crippen LogP) is 5.87. The summed E-state index contributed by atoms with van der Waals surface area (Å²) in [5.74, 6) is 0.944. The van der Waals surface area contributed by atoms with Crippen LogP contribution in [0.1, 0.15) is 44.7 Å². The number of hydrogen-bond donors (Lipinski definition) is 1. The fraction of sp³-hybridized carbons (Fsp3) is 0.320. The van der Waals surface area contributed by atoms with Gasteiger partial charge in [0.1, 0.15) is 0 Å². The molecule has 1 aliphatic rings. The van der Waals surface area contributed by atoms with Crippen molar-refractivity contribution in [1.29, 1.82) is 0 Å². The second-order valence-electron chi connectivity index (χ2n) is 8.15. The summed E-state index contributed by atoms with van der Waals surface area (Å²) in [5, 5.41) is 9.00. The fourth-order valence-electron chi connectivity index (χ4n) is 3.84. The van der Waals surface area contributed by atoms with Gasteiger partial charge in [-0.2, -0.15) is 4.98 Å². The molecule has 1 aromatic heterocycles. The number of halogens is 1. The van der Waals surface area contributed by atoms with Crippen LogP contribution in [0.5, 0.6) is 0 Å². The maximum absolute atomic E-state index is 6.15. The van der Waals surface area contributed by atoms with Gasteiger partial charge in [-0.05, 0) is 57.1 Å². The van der Waals surface area contributed by atoms with Crippen LogP contribution in [0.3, 0.4) is 0 Å². The van der Waals surface area contributed by atoms with E-state index in [1.54, 1.807) is 0 Å². The molecule has 0 saturated carbocycles. The van der Waals surface area contributed by atoms with Gasteiger partial charge in [0.2, 0.25) is 5.82 Å². The molecule has 0 aliphatic carbocycles. The molecule has 172 valence electrons. The van der Waals surface area contributed by atoms with Crippen LogP contribution in [0.4, 0.5) is 0 Å². The van der Waals surface area contributed by atoms with E-state index >= 15 is 0 Å². The van der Waals surface area contributed by atoms with Crippen LogP contribution in [0.25, 0.3) is 17.0 Å². The van der Waals surface area contributed by atoms with Crippen molar-refractivity contribution in [1.82, 2.24) is 20.4 Å². The van der Waals surface area contributed by atoms with E-state index < -0.39 is 0 Å². The molecule has 0 fully saturated rings. The Labute approximate surface area is 204 Å². The van der Waals surface area contributed by atoms with E-state index in [1.807, 2.05) is 63.2 Å². The summed E-state index contributed by atoms with van der Waals surface area (Å²) in [5.41, 5.74) is 3.76. The summed E-state index contributed by atoms with van der Waals surface area (Å²) in [6.45, 7) is 7.51. The van der Waals surface area contributed by atoms with Gasteiger partial charge in [-0.15, -0.1) is 0 Å². The van der Waals surface area contributed by atoms with Crippen molar-refractivity contribution in [3.8, 4) is 11.4 Å². The maximum atomic E-state index is 6.15. The number of aromatic nitrogens is 2. The smallest absolute Gasteiger partial charge is 0.258 e. The molecule has 1 N–H and O–H groups in total.